The molecule has 0 N–H and O–H groups in total. The normalized spacial score (nSPS) is 18.5. The van der Waals surface area contributed by atoms with Crippen molar-refractivity contribution in [3.63, 3.8) is 0 Å². The third-order valence-electron chi connectivity index (χ3n) is 4.69. The SMILES string of the molecule is COc1ccc(C2CCCN2C(=O)c2cc(Cl)c3c(c2)OCO3)cc1. The first kappa shape index (κ1) is 16.1. The molecule has 25 heavy (non-hydrogen) atoms. The number of halogens is 1. The minimum atomic E-state index is -0.0430. The minimum absolute atomic E-state index is 0.0430. The average molecular weight is 360 g/mol. The molecule has 0 saturated carbocycles. The lowest BCUT2D eigenvalue weighted by Gasteiger charge is -2.25. The Morgan fingerprint density at radius 1 is 1.24 bits per heavy atom. The molecule has 0 radical (unpaired) electrons. The van der Waals surface area contributed by atoms with E-state index < -0.39 is 0 Å². The summed E-state index contributed by atoms with van der Waals surface area (Å²) >= 11 is 6.22. The van der Waals surface area contributed by atoms with E-state index in [1.165, 1.54) is 0 Å². The predicted octanol–water partition coefficient (Wildman–Crippen LogP) is 4.05. The topological polar surface area (TPSA) is 48.0 Å². The van der Waals surface area contributed by atoms with Gasteiger partial charge in [-0.05, 0) is 42.7 Å². The molecule has 0 spiro atoms. The average Bonchev–Trinajstić information content (AvgIpc) is 3.30. The number of methoxy groups -OCH3 is 1. The van der Waals surface area contributed by atoms with Crippen LogP contribution < -0.4 is 14.2 Å². The lowest BCUT2D eigenvalue weighted by molar-refractivity contribution is 0.0735. The van der Waals surface area contributed by atoms with Crippen molar-refractivity contribution in [2.45, 2.75) is 18.9 Å². The summed E-state index contributed by atoms with van der Waals surface area (Å²) < 4.78 is 15.9. The van der Waals surface area contributed by atoms with E-state index in [9.17, 15) is 4.79 Å². The Morgan fingerprint density at radius 3 is 2.80 bits per heavy atom. The van der Waals surface area contributed by atoms with Crippen molar-refractivity contribution in [2.75, 3.05) is 20.4 Å². The standard InChI is InChI=1S/C19H18ClNO4/c1-23-14-6-4-12(5-7-14)16-3-2-8-21(16)19(22)13-9-15(20)18-17(10-13)24-11-25-18/h4-7,9-10,16H,2-3,8,11H2,1H3. The van der Waals surface area contributed by atoms with Gasteiger partial charge < -0.3 is 19.1 Å². The van der Waals surface area contributed by atoms with Gasteiger partial charge in [0, 0.05) is 12.1 Å². The molecule has 1 unspecified atom stereocenters. The number of carbonyl (C=O) groups is 1. The van der Waals surface area contributed by atoms with Crippen molar-refractivity contribution in [1.29, 1.82) is 0 Å². The fourth-order valence-corrected chi connectivity index (χ4v) is 3.70. The van der Waals surface area contributed by atoms with E-state index >= 15 is 0 Å². The van der Waals surface area contributed by atoms with E-state index in [2.05, 4.69) is 0 Å². The van der Waals surface area contributed by atoms with Crippen LogP contribution in [0, 0.1) is 0 Å². The fraction of sp³-hybridized carbons (Fsp3) is 0.316. The Morgan fingerprint density at radius 2 is 2.04 bits per heavy atom. The molecule has 2 aliphatic heterocycles. The van der Waals surface area contributed by atoms with Crippen molar-refractivity contribution in [3.05, 3.63) is 52.5 Å². The number of carbonyl (C=O) groups excluding carboxylic acids is 1. The molecule has 2 aromatic carbocycles. The second-order valence-corrected chi connectivity index (χ2v) is 6.53. The van der Waals surface area contributed by atoms with Gasteiger partial charge in [0.05, 0.1) is 18.2 Å². The number of hydrogen-bond donors (Lipinski definition) is 0. The molecular weight excluding hydrogens is 342 g/mol. The van der Waals surface area contributed by atoms with Crippen LogP contribution in [0.25, 0.3) is 0 Å². The minimum Gasteiger partial charge on any atom is -0.497 e. The molecule has 1 atom stereocenters. The van der Waals surface area contributed by atoms with Crippen LogP contribution in [-0.4, -0.2) is 31.3 Å². The van der Waals surface area contributed by atoms with Gasteiger partial charge in [0.2, 0.25) is 6.79 Å². The zero-order valence-corrected chi connectivity index (χ0v) is 14.6. The molecule has 1 fully saturated rings. The van der Waals surface area contributed by atoms with Crippen LogP contribution in [0.4, 0.5) is 0 Å². The number of nitrogens with zero attached hydrogens (tertiary/aromatic N) is 1. The number of rotatable bonds is 3. The maximum atomic E-state index is 13.1. The number of hydrogen-bond acceptors (Lipinski definition) is 4. The molecule has 5 nitrogen and oxygen atoms in total. The zero-order chi connectivity index (χ0) is 17.4. The largest absolute Gasteiger partial charge is 0.497 e. The summed E-state index contributed by atoms with van der Waals surface area (Å²) in [5.41, 5.74) is 1.63. The van der Waals surface area contributed by atoms with Gasteiger partial charge in [-0.15, -0.1) is 0 Å². The predicted molar refractivity (Wildman–Crippen MR) is 93.6 cm³/mol. The third-order valence-corrected chi connectivity index (χ3v) is 4.97. The van der Waals surface area contributed by atoms with Gasteiger partial charge >= 0.3 is 0 Å². The molecule has 6 heteroatoms. The number of fused-ring (bicyclic) bond motifs is 1. The van der Waals surface area contributed by atoms with Crippen molar-refractivity contribution >= 4 is 17.5 Å². The molecule has 1 saturated heterocycles. The summed E-state index contributed by atoms with van der Waals surface area (Å²) in [5, 5.41) is 0.401. The third kappa shape index (κ3) is 2.89. The zero-order valence-electron chi connectivity index (χ0n) is 13.8. The summed E-state index contributed by atoms with van der Waals surface area (Å²) in [6, 6.07) is 11.3. The highest BCUT2D eigenvalue weighted by atomic mass is 35.5. The molecular formula is C19H18ClNO4. The monoisotopic (exact) mass is 359 g/mol. The summed E-state index contributed by atoms with van der Waals surface area (Å²) in [7, 11) is 1.64. The van der Waals surface area contributed by atoms with E-state index in [4.69, 9.17) is 25.8 Å². The summed E-state index contributed by atoms with van der Waals surface area (Å²) in [5.74, 6) is 1.79. The maximum absolute atomic E-state index is 13.1. The Kier molecular flexibility index (Phi) is 4.17. The summed E-state index contributed by atoms with van der Waals surface area (Å²) in [6.07, 6.45) is 1.91. The van der Waals surface area contributed by atoms with Gasteiger partial charge in [-0.3, -0.25) is 4.79 Å². The lowest BCUT2D eigenvalue weighted by atomic mass is 10.0. The van der Waals surface area contributed by atoms with E-state index in [1.54, 1.807) is 19.2 Å². The van der Waals surface area contributed by atoms with E-state index in [0.29, 0.717) is 22.1 Å². The van der Waals surface area contributed by atoms with Gasteiger partial charge in [-0.2, -0.15) is 0 Å². The Hall–Kier alpha value is -2.40. The molecule has 0 aromatic heterocycles. The number of benzene rings is 2. The number of likely N-dealkylation sites (tertiary alicyclic amines) is 1. The Balaban J connectivity index is 1.61. The smallest absolute Gasteiger partial charge is 0.254 e. The van der Waals surface area contributed by atoms with Gasteiger partial charge in [-0.25, -0.2) is 0 Å². The molecule has 1 amide bonds. The quantitative estimate of drug-likeness (QED) is 0.829. The van der Waals surface area contributed by atoms with Crippen LogP contribution in [0.15, 0.2) is 36.4 Å². The molecule has 2 heterocycles. The summed E-state index contributed by atoms with van der Waals surface area (Å²) in [6.45, 7) is 0.854. The first-order valence-electron chi connectivity index (χ1n) is 8.21. The lowest BCUT2D eigenvalue weighted by Crippen LogP contribution is -2.30. The second-order valence-electron chi connectivity index (χ2n) is 6.12. The van der Waals surface area contributed by atoms with E-state index in [1.807, 2.05) is 29.2 Å². The highest BCUT2D eigenvalue weighted by Gasteiger charge is 2.32. The van der Waals surface area contributed by atoms with Gasteiger partial charge in [0.15, 0.2) is 11.5 Å². The maximum Gasteiger partial charge on any atom is 0.254 e. The van der Waals surface area contributed by atoms with E-state index in [0.717, 1.165) is 30.7 Å². The highest BCUT2D eigenvalue weighted by Crippen LogP contribution is 2.41. The van der Waals surface area contributed by atoms with Crippen molar-refractivity contribution in [3.8, 4) is 17.2 Å². The van der Waals surface area contributed by atoms with Gasteiger partial charge in [0.1, 0.15) is 5.75 Å². The van der Waals surface area contributed by atoms with Gasteiger partial charge in [0.25, 0.3) is 5.91 Å². The molecule has 4 rings (SSSR count). The number of ether oxygens (including phenoxy) is 3. The molecule has 130 valence electrons. The van der Waals surface area contributed by atoms with Crippen LogP contribution in [-0.2, 0) is 0 Å². The molecule has 0 aliphatic carbocycles. The van der Waals surface area contributed by atoms with Crippen molar-refractivity contribution in [1.82, 2.24) is 4.90 Å². The molecule has 2 aliphatic rings. The summed E-state index contributed by atoms with van der Waals surface area (Å²) in [4.78, 5) is 15.0. The fourth-order valence-electron chi connectivity index (χ4n) is 3.44. The molecule has 2 aromatic rings. The van der Waals surface area contributed by atoms with Gasteiger partial charge in [-0.1, -0.05) is 23.7 Å². The first-order chi connectivity index (χ1) is 12.2. The highest BCUT2D eigenvalue weighted by molar-refractivity contribution is 6.32. The van der Waals surface area contributed by atoms with Crippen LogP contribution in [0.1, 0.15) is 34.8 Å². The van der Waals surface area contributed by atoms with E-state index in [-0.39, 0.29) is 18.7 Å². The Bertz CT molecular complexity index is 806. The van der Waals surface area contributed by atoms with Crippen LogP contribution in [0.2, 0.25) is 5.02 Å². The number of amides is 1. The van der Waals surface area contributed by atoms with Crippen LogP contribution in [0.5, 0.6) is 17.2 Å². The Labute approximate surface area is 151 Å². The van der Waals surface area contributed by atoms with Crippen LogP contribution in [0.3, 0.4) is 0 Å². The molecule has 0 bridgehead atoms. The van der Waals surface area contributed by atoms with Crippen LogP contribution >= 0.6 is 11.6 Å². The van der Waals surface area contributed by atoms with Crippen molar-refractivity contribution in [2.24, 2.45) is 0 Å². The van der Waals surface area contributed by atoms with Crippen molar-refractivity contribution < 1.29 is 19.0 Å². The second kappa shape index (κ2) is 6.48. The first-order valence-corrected chi connectivity index (χ1v) is 8.59.